The maximum Gasteiger partial charge on any atom is 0.225 e. The summed E-state index contributed by atoms with van der Waals surface area (Å²) in [5.41, 5.74) is 2.86. The number of aromatic nitrogens is 2. The van der Waals surface area contributed by atoms with E-state index in [1.165, 1.54) is 12.1 Å². The number of rotatable bonds is 5. The quantitative estimate of drug-likeness (QED) is 0.660. The number of piperidine rings is 1. The molecule has 1 amide bonds. The van der Waals surface area contributed by atoms with Crippen molar-refractivity contribution in [1.29, 1.82) is 0 Å². The summed E-state index contributed by atoms with van der Waals surface area (Å²) in [7, 11) is 1.87. The van der Waals surface area contributed by atoms with E-state index in [-0.39, 0.29) is 17.6 Å². The van der Waals surface area contributed by atoms with Crippen molar-refractivity contribution in [1.82, 2.24) is 19.4 Å². The standard InChI is InChI=1S/C23H27FN4O/c1-3-26(2)23(29)17-12-14-27(15-13-17)16-22-25-20-6-4-5-7-21(20)28(22)19-10-8-18(24)9-11-19/h4-11,17H,3,12-16H2,1-2H3. The van der Waals surface area contributed by atoms with E-state index in [1.54, 1.807) is 12.1 Å². The molecule has 6 heteroatoms. The van der Waals surface area contributed by atoms with Crippen LogP contribution in [-0.2, 0) is 11.3 Å². The average Bonchev–Trinajstić information content (AvgIpc) is 3.11. The van der Waals surface area contributed by atoms with E-state index in [0.717, 1.165) is 55.0 Å². The Morgan fingerprint density at radius 2 is 1.83 bits per heavy atom. The van der Waals surface area contributed by atoms with Gasteiger partial charge < -0.3 is 4.90 Å². The van der Waals surface area contributed by atoms with Gasteiger partial charge in [-0.05, 0) is 69.3 Å². The van der Waals surface area contributed by atoms with Gasteiger partial charge in [0.1, 0.15) is 11.6 Å². The maximum absolute atomic E-state index is 13.4. The second-order valence-electron chi connectivity index (χ2n) is 7.73. The lowest BCUT2D eigenvalue weighted by Gasteiger charge is -2.32. The Balaban J connectivity index is 1.55. The van der Waals surface area contributed by atoms with Crippen LogP contribution >= 0.6 is 0 Å². The lowest BCUT2D eigenvalue weighted by atomic mass is 9.95. The molecule has 5 nitrogen and oxygen atoms in total. The fourth-order valence-corrected chi connectivity index (χ4v) is 4.07. The fraction of sp³-hybridized carbons (Fsp3) is 0.391. The molecule has 1 fully saturated rings. The van der Waals surface area contributed by atoms with Crippen LogP contribution in [0.3, 0.4) is 0 Å². The molecule has 0 spiro atoms. The number of benzene rings is 2. The first kappa shape index (κ1) is 19.6. The Kier molecular flexibility index (Phi) is 5.62. The van der Waals surface area contributed by atoms with Gasteiger partial charge in [-0.1, -0.05) is 12.1 Å². The highest BCUT2D eigenvalue weighted by Gasteiger charge is 2.27. The topological polar surface area (TPSA) is 41.4 Å². The van der Waals surface area contributed by atoms with Crippen LogP contribution in [0.1, 0.15) is 25.6 Å². The van der Waals surface area contributed by atoms with Crippen LogP contribution in [0.4, 0.5) is 4.39 Å². The minimum absolute atomic E-state index is 0.118. The Bertz CT molecular complexity index is 990. The summed E-state index contributed by atoms with van der Waals surface area (Å²) >= 11 is 0. The minimum Gasteiger partial charge on any atom is -0.346 e. The Hall–Kier alpha value is -2.73. The third kappa shape index (κ3) is 4.03. The first-order valence-corrected chi connectivity index (χ1v) is 10.3. The van der Waals surface area contributed by atoms with Crippen molar-refractivity contribution in [2.24, 2.45) is 5.92 Å². The number of imidazole rings is 1. The third-order valence-corrected chi connectivity index (χ3v) is 5.87. The number of halogens is 1. The molecule has 29 heavy (non-hydrogen) atoms. The highest BCUT2D eigenvalue weighted by molar-refractivity contribution is 5.79. The predicted octanol–water partition coefficient (Wildman–Crippen LogP) is 3.85. The number of hydrogen-bond donors (Lipinski definition) is 0. The van der Waals surface area contributed by atoms with Crippen LogP contribution in [0.15, 0.2) is 48.5 Å². The molecule has 1 aliphatic rings. The molecule has 4 rings (SSSR count). The van der Waals surface area contributed by atoms with Crippen molar-refractivity contribution >= 4 is 16.9 Å². The van der Waals surface area contributed by atoms with E-state index in [1.807, 2.05) is 43.1 Å². The molecule has 3 aromatic rings. The lowest BCUT2D eigenvalue weighted by Crippen LogP contribution is -2.41. The summed E-state index contributed by atoms with van der Waals surface area (Å²) in [6, 6.07) is 14.6. The number of carbonyl (C=O) groups excluding carboxylic acids is 1. The van der Waals surface area contributed by atoms with Gasteiger partial charge in [0.05, 0.1) is 17.6 Å². The van der Waals surface area contributed by atoms with Crippen LogP contribution in [0.2, 0.25) is 0 Å². The molecule has 0 saturated carbocycles. The molecule has 1 aromatic heterocycles. The number of carbonyl (C=O) groups is 1. The van der Waals surface area contributed by atoms with E-state index in [2.05, 4.69) is 9.47 Å². The molecule has 0 bridgehead atoms. The lowest BCUT2D eigenvalue weighted by molar-refractivity contribution is -0.135. The Labute approximate surface area is 170 Å². The van der Waals surface area contributed by atoms with E-state index in [4.69, 9.17) is 4.98 Å². The first-order chi connectivity index (χ1) is 14.1. The summed E-state index contributed by atoms with van der Waals surface area (Å²) in [5.74, 6) is 1.06. The van der Waals surface area contributed by atoms with Gasteiger partial charge in [0, 0.05) is 25.2 Å². The van der Waals surface area contributed by atoms with E-state index < -0.39 is 0 Å². The summed E-state index contributed by atoms with van der Waals surface area (Å²) in [6.07, 6.45) is 1.75. The number of likely N-dealkylation sites (tertiary alicyclic amines) is 1. The van der Waals surface area contributed by atoms with Crippen molar-refractivity contribution in [3.63, 3.8) is 0 Å². The molecule has 0 N–H and O–H groups in total. The fourth-order valence-electron chi connectivity index (χ4n) is 4.07. The molecule has 152 valence electrons. The van der Waals surface area contributed by atoms with Crippen molar-refractivity contribution in [3.05, 3.63) is 60.2 Å². The Morgan fingerprint density at radius 3 is 2.52 bits per heavy atom. The van der Waals surface area contributed by atoms with Crippen LogP contribution < -0.4 is 0 Å². The van der Waals surface area contributed by atoms with Gasteiger partial charge in [-0.25, -0.2) is 9.37 Å². The molecule has 0 atom stereocenters. The smallest absolute Gasteiger partial charge is 0.225 e. The van der Waals surface area contributed by atoms with Gasteiger partial charge in [0.2, 0.25) is 5.91 Å². The normalized spacial score (nSPS) is 15.7. The highest BCUT2D eigenvalue weighted by Crippen LogP contribution is 2.25. The highest BCUT2D eigenvalue weighted by atomic mass is 19.1. The zero-order valence-electron chi connectivity index (χ0n) is 17.0. The van der Waals surface area contributed by atoms with Gasteiger partial charge in [0.15, 0.2) is 0 Å². The zero-order valence-corrected chi connectivity index (χ0v) is 17.0. The summed E-state index contributed by atoms with van der Waals surface area (Å²) in [6.45, 7) is 5.21. The molecule has 1 saturated heterocycles. The van der Waals surface area contributed by atoms with Gasteiger partial charge in [-0.15, -0.1) is 0 Å². The van der Waals surface area contributed by atoms with Crippen molar-refractivity contribution in [3.8, 4) is 5.69 Å². The van der Waals surface area contributed by atoms with Crippen molar-refractivity contribution in [2.45, 2.75) is 26.3 Å². The van der Waals surface area contributed by atoms with Crippen LogP contribution in [0, 0.1) is 11.7 Å². The summed E-state index contributed by atoms with van der Waals surface area (Å²) < 4.78 is 15.5. The molecule has 0 radical (unpaired) electrons. The SMILES string of the molecule is CCN(C)C(=O)C1CCN(Cc2nc3ccccc3n2-c2ccc(F)cc2)CC1. The largest absolute Gasteiger partial charge is 0.346 e. The van der Waals surface area contributed by atoms with Gasteiger partial charge in [-0.3, -0.25) is 14.3 Å². The molecule has 2 heterocycles. The molecular formula is C23H27FN4O. The monoisotopic (exact) mass is 394 g/mol. The second kappa shape index (κ2) is 8.33. The molecule has 0 aliphatic carbocycles. The zero-order chi connectivity index (χ0) is 20.4. The summed E-state index contributed by atoms with van der Waals surface area (Å²) in [4.78, 5) is 21.5. The molecule has 0 unspecified atom stereocenters. The minimum atomic E-state index is -0.247. The van der Waals surface area contributed by atoms with E-state index in [0.29, 0.717) is 6.54 Å². The van der Waals surface area contributed by atoms with Crippen LogP contribution in [-0.4, -0.2) is 51.9 Å². The number of para-hydroxylation sites is 2. The molecule has 1 aliphatic heterocycles. The van der Waals surface area contributed by atoms with Gasteiger partial charge >= 0.3 is 0 Å². The summed E-state index contributed by atoms with van der Waals surface area (Å²) in [5, 5.41) is 0. The molecular weight excluding hydrogens is 367 g/mol. The number of hydrogen-bond acceptors (Lipinski definition) is 3. The third-order valence-electron chi connectivity index (χ3n) is 5.87. The Morgan fingerprint density at radius 1 is 1.14 bits per heavy atom. The van der Waals surface area contributed by atoms with Crippen molar-refractivity contribution < 1.29 is 9.18 Å². The van der Waals surface area contributed by atoms with E-state index in [9.17, 15) is 9.18 Å². The van der Waals surface area contributed by atoms with Gasteiger partial charge in [0.25, 0.3) is 0 Å². The molecule has 2 aromatic carbocycles. The first-order valence-electron chi connectivity index (χ1n) is 10.3. The van der Waals surface area contributed by atoms with E-state index >= 15 is 0 Å². The number of fused-ring (bicyclic) bond motifs is 1. The number of amides is 1. The van der Waals surface area contributed by atoms with Crippen LogP contribution in [0.25, 0.3) is 16.7 Å². The predicted molar refractivity (Wildman–Crippen MR) is 112 cm³/mol. The average molecular weight is 394 g/mol. The van der Waals surface area contributed by atoms with Gasteiger partial charge in [-0.2, -0.15) is 0 Å². The number of nitrogens with zero attached hydrogens (tertiary/aromatic N) is 4. The maximum atomic E-state index is 13.4. The van der Waals surface area contributed by atoms with Crippen molar-refractivity contribution in [2.75, 3.05) is 26.7 Å². The van der Waals surface area contributed by atoms with Crippen LogP contribution in [0.5, 0.6) is 0 Å². The second-order valence-corrected chi connectivity index (χ2v) is 7.73.